The minimum atomic E-state index is -2.59. The van der Waals surface area contributed by atoms with Crippen molar-refractivity contribution in [2.75, 3.05) is 13.7 Å². The second-order valence-corrected chi connectivity index (χ2v) is 3.20. The molecule has 17 heavy (non-hydrogen) atoms. The number of methoxy groups -OCH3 is 1. The van der Waals surface area contributed by atoms with E-state index in [1.807, 2.05) is 6.92 Å². The predicted octanol–water partition coefficient (Wildman–Crippen LogP) is 2.78. The molecule has 1 rings (SSSR count). The van der Waals surface area contributed by atoms with Crippen LogP contribution in [-0.2, 0) is 0 Å². The minimum absolute atomic E-state index is 0. The molecular formula is C11H16ClF2NO2. The lowest BCUT2D eigenvalue weighted by atomic mass is 10.1. The normalized spacial score (nSPS) is 11.9. The smallest absolute Gasteiger partial charge is 0.257 e. The Morgan fingerprint density at radius 2 is 1.94 bits per heavy atom. The fourth-order valence-electron chi connectivity index (χ4n) is 1.31. The molecule has 0 radical (unpaired) electrons. The van der Waals surface area contributed by atoms with Gasteiger partial charge in [0.05, 0.1) is 19.8 Å². The second kappa shape index (κ2) is 7.29. The molecule has 0 aliphatic carbocycles. The van der Waals surface area contributed by atoms with Crippen molar-refractivity contribution in [3.05, 3.63) is 23.8 Å². The lowest BCUT2D eigenvalue weighted by Gasteiger charge is -2.14. The first-order valence-corrected chi connectivity index (χ1v) is 4.94. The van der Waals surface area contributed by atoms with Crippen molar-refractivity contribution in [3.63, 3.8) is 0 Å². The summed E-state index contributed by atoms with van der Waals surface area (Å²) in [6.07, 6.45) is -2.59. The molecule has 1 aromatic carbocycles. The van der Waals surface area contributed by atoms with E-state index in [1.165, 1.54) is 19.2 Å². The van der Waals surface area contributed by atoms with Gasteiger partial charge in [0, 0.05) is 0 Å². The average molecular weight is 268 g/mol. The Hall–Kier alpha value is -1.07. The third-order valence-electron chi connectivity index (χ3n) is 2.14. The van der Waals surface area contributed by atoms with E-state index < -0.39 is 12.5 Å². The molecule has 1 aromatic rings. The number of ether oxygens (including phenoxy) is 2. The van der Waals surface area contributed by atoms with Gasteiger partial charge in [0.2, 0.25) is 0 Å². The molecule has 0 bridgehead atoms. The van der Waals surface area contributed by atoms with E-state index in [-0.39, 0.29) is 12.4 Å². The van der Waals surface area contributed by atoms with Crippen LogP contribution in [0.3, 0.4) is 0 Å². The summed E-state index contributed by atoms with van der Waals surface area (Å²) >= 11 is 0. The molecule has 3 nitrogen and oxygen atoms in total. The largest absolute Gasteiger partial charge is 0.493 e. The summed E-state index contributed by atoms with van der Waals surface area (Å²) in [7, 11) is 1.45. The first kappa shape index (κ1) is 15.9. The zero-order chi connectivity index (χ0) is 12.1. The van der Waals surface area contributed by atoms with Crippen molar-refractivity contribution < 1.29 is 18.3 Å². The van der Waals surface area contributed by atoms with Crippen LogP contribution in [0.4, 0.5) is 8.78 Å². The van der Waals surface area contributed by atoms with Crippen LogP contribution >= 0.6 is 12.4 Å². The Labute approximate surface area is 105 Å². The molecular weight excluding hydrogens is 252 g/mol. The molecule has 0 aliphatic rings. The standard InChI is InChI=1S/C11H15F2NO2.ClH/c1-3-16-8-5-4-7(6-9(8)15-2)10(14)11(12)13;/h4-6,10-11H,3,14H2,1-2H3;1H/t10-;/m0./s1. The molecule has 6 heteroatoms. The highest BCUT2D eigenvalue weighted by Gasteiger charge is 2.19. The third-order valence-corrected chi connectivity index (χ3v) is 2.14. The minimum Gasteiger partial charge on any atom is -0.493 e. The van der Waals surface area contributed by atoms with Crippen LogP contribution in [0.5, 0.6) is 11.5 Å². The molecule has 0 spiro atoms. The van der Waals surface area contributed by atoms with E-state index in [1.54, 1.807) is 6.07 Å². The molecule has 0 unspecified atom stereocenters. The summed E-state index contributed by atoms with van der Waals surface area (Å²) in [5, 5.41) is 0. The highest BCUT2D eigenvalue weighted by atomic mass is 35.5. The van der Waals surface area contributed by atoms with E-state index >= 15 is 0 Å². The maximum Gasteiger partial charge on any atom is 0.257 e. The van der Waals surface area contributed by atoms with Gasteiger partial charge in [0.15, 0.2) is 11.5 Å². The van der Waals surface area contributed by atoms with Gasteiger partial charge in [-0.25, -0.2) is 8.78 Å². The van der Waals surface area contributed by atoms with Gasteiger partial charge in [-0.15, -0.1) is 12.4 Å². The van der Waals surface area contributed by atoms with E-state index in [0.717, 1.165) is 0 Å². The van der Waals surface area contributed by atoms with Crippen molar-refractivity contribution in [1.82, 2.24) is 0 Å². The molecule has 0 aliphatic heterocycles. The molecule has 98 valence electrons. The van der Waals surface area contributed by atoms with Crippen LogP contribution in [0.1, 0.15) is 18.5 Å². The zero-order valence-corrected chi connectivity index (χ0v) is 10.5. The average Bonchev–Trinajstić information content (AvgIpc) is 2.29. The summed E-state index contributed by atoms with van der Waals surface area (Å²) in [6.45, 7) is 2.31. The van der Waals surface area contributed by atoms with Gasteiger partial charge in [-0.1, -0.05) is 6.07 Å². The molecule has 2 N–H and O–H groups in total. The summed E-state index contributed by atoms with van der Waals surface area (Å²) in [5.41, 5.74) is 5.67. The van der Waals surface area contributed by atoms with Gasteiger partial charge in [-0.2, -0.15) is 0 Å². The number of rotatable bonds is 5. The number of hydrogen-bond acceptors (Lipinski definition) is 3. The Kier molecular flexibility index (Phi) is 6.83. The SMILES string of the molecule is CCOc1ccc([C@H](N)C(F)F)cc1OC.Cl. The Bertz CT molecular complexity index is 350. The number of halogens is 3. The van der Waals surface area contributed by atoms with Gasteiger partial charge in [-0.3, -0.25) is 0 Å². The fourth-order valence-corrected chi connectivity index (χ4v) is 1.31. The Morgan fingerprint density at radius 3 is 2.41 bits per heavy atom. The lowest BCUT2D eigenvalue weighted by Crippen LogP contribution is -2.18. The highest BCUT2D eigenvalue weighted by molar-refractivity contribution is 5.85. The fraction of sp³-hybridized carbons (Fsp3) is 0.455. The number of benzene rings is 1. The van der Waals surface area contributed by atoms with Crippen LogP contribution in [0.15, 0.2) is 18.2 Å². The zero-order valence-electron chi connectivity index (χ0n) is 9.65. The van der Waals surface area contributed by atoms with E-state index in [4.69, 9.17) is 15.2 Å². The summed E-state index contributed by atoms with van der Waals surface area (Å²) in [4.78, 5) is 0. The maximum absolute atomic E-state index is 12.4. The summed E-state index contributed by atoms with van der Waals surface area (Å²) in [6, 6.07) is 3.27. The first-order valence-electron chi connectivity index (χ1n) is 4.94. The quantitative estimate of drug-likeness (QED) is 0.892. The molecule has 0 aromatic heterocycles. The van der Waals surface area contributed by atoms with Crippen LogP contribution in [0.2, 0.25) is 0 Å². The van der Waals surface area contributed by atoms with Gasteiger partial charge in [-0.05, 0) is 24.6 Å². The third kappa shape index (κ3) is 4.02. The van der Waals surface area contributed by atoms with E-state index in [2.05, 4.69) is 0 Å². The lowest BCUT2D eigenvalue weighted by molar-refractivity contribution is 0.116. The highest BCUT2D eigenvalue weighted by Crippen LogP contribution is 2.31. The van der Waals surface area contributed by atoms with Crippen molar-refractivity contribution in [2.24, 2.45) is 5.73 Å². The molecule has 0 saturated heterocycles. The summed E-state index contributed by atoms with van der Waals surface area (Å²) in [5.74, 6) is 0.936. The van der Waals surface area contributed by atoms with Crippen molar-refractivity contribution in [1.29, 1.82) is 0 Å². The predicted molar refractivity (Wildman–Crippen MR) is 64.3 cm³/mol. The molecule has 0 heterocycles. The van der Waals surface area contributed by atoms with Crippen LogP contribution in [0, 0.1) is 0 Å². The molecule has 0 amide bonds. The molecule has 0 saturated carbocycles. The topological polar surface area (TPSA) is 44.5 Å². The van der Waals surface area contributed by atoms with Crippen molar-refractivity contribution >= 4 is 12.4 Å². The van der Waals surface area contributed by atoms with Crippen molar-refractivity contribution in [3.8, 4) is 11.5 Å². The van der Waals surface area contributed by atoms with Gasteiger partial charge in [0.25, 0.3) is 6.43 Å². The molecule has 1 atom stereocenters. The summed E-state index contributed by atoms with van der Waals surface area (Å²) < 4.78 is 35.1. The van der Waals surface area contributed by atoms with Gasteiger partial charge >= 0.3 is 0 Å². The number of alkyl halides is 2. The second-order valence-electron chi connectivity index (χ2n) is 3.20. The van der Waals surface area contributed by atoms with Crippen LogP contribution < -0.4 is 15.2 Å². The van der Waals surface area contributed by atoms with Crippen LogP contribution in [0.25, 0.3) is 0 Å². The first-order chi connectivity index (χ1) is 7.60. The number of hydrogen-bond donors (Lipinski definition) is 1. The van der Waals surface area contributed by atoms with Crippen molar-refractivity contribution in [2.45, 2.75) is 19.4 Å². The van der Waals surface area contributed by atoms with E-state index in [0.29, 0.717) is 23.7 Å². The maximum atomic E-state index is 12.4. The van der Waals surface area contributed by atoms with Gasteiger partial charge in [0.1, 0.15) is 0 Å². The Balaban J connectivity index is 0.00000256. The number of nitrogens with two attached hydrogens (primary N) is 1. The van der Waals surface area contributed by atoms with Crippen LogP contribution in [-0.4, -0.2) is 20.1 Å². The van der Waals surface area contributed by atoms with Gasteiger partial charge < -0.3 is 15.2 Å². The Morgan fingerprint density at radius 1 is 1.29 bits per heavy atom. The van der Waals surface area contributed by atoms with E-state index in [9.17, 15) is 8.78 Å². The monoisotopic (exact) mass is 267 g/mol. The molecule has 0 fully saturated rings.